The summed E-state index contributed by atoms with van der Waals surface area (Å²) in [6.45, 7) is 3.04. The zero-order valence-electron chi connectivity index (χ0n) is 19.6. The van der Waals surface area contributed by atoms with Crippen LogP contribution in [-0.4, -0.2) is 50.4 Å². The molecule has 0 aliphatic rings. The number of carbonyl (C=O) groups is 1. The van der Waals surface area contributed by atoms with Crippen molar-refractivity contribution in [1.82, 2.24) is 29.7 Å². The quantitative estimate of drug-likeness (QED) is 0.338. The smallest absolute Gasteiger partial charge is 0.273 e. The first kappa shape index (κ1) is 22.1. The van der Waals surface area contributed by atoms with Gasteiger partial charge < -0.3 is 25.3 Å². The van der Waals surface area contributed by atoms with Gasteiger partial charge >= 0.3 is 0 Å². The van der Waals surface area contributed by atoms with E-state index in [-0.39, 0.29) is 17.4 Å². The number of imidazole rings is 1. The molecule has 9 nitrogen and oxygen atoms in total. The number of H-pyrrole nitrogens is 1. The summed E-state index contributed by atoms with van der Waals surface area (Å²) >= 11 is 0. The fraction of sp³-hybridized carbons (Fsp3) is 0.154. The molecular weight excluding hydrogens is 440 g/mol. The van der Waals surface area contributed by atoms with Crippen molar-refractivity contribution in [2.24, 2.45) is 0 Å². The first-order valence-corrected chi connectivity index (χ1v) is 11.3. The fourth-order valence-electron chi connectivity index (χ4n) is 3.96. The lowest BCUT2D eigenvalue weighted by molar-refractivity contribution is 0.0950. The van der Waals surface area contributed by atoms with Gasteiger partial charge in [0.25, 0.3) is 5.91 Å². The van der Waals surface area contributed by atoms with Gasteiger partial charge in [0.1, 0.15) is 17.0 Å². The molecular formula is C26H26N8O. The molecule has 5 rings (SSSR count). The number of rotatable bonds is 7. The van der Waals surface area contributed by atoms with Gasteiger partial charge in [-0.25, -0.2) is 15.0 Å². The second-order valence-corrected chi connectivity index (χ2v) is 8.30. The van der Waals surface area contributed by atoms with Crippen LogP contribution in [0.15, 0.2) is 73.2 Å². The summed E-state index contributed by atoms with van der Waals surface area (Å²) in [6, 6.07) is 17.6. The molecule has 5 aromatic rings. The number of nitrogens with zero attached hydrogens (tertiary/aromatic N) is 5. The molecule has 9 heteroatoms. The van der Waals surface area contributed by atoms with E-state index in [1.165, 1.54) is 0 Å². The number of fused-ring (bicyclic) bond motifs is 1. The lowest BCUT2D eigenvalue weighted by Gasteiger charge is -2.19. The van der Waals surface area contributed by atoms with E-state index in [0.29, 0.717) is 24.5 Å². The number of para-hydroxylation sites is 1. The first-order chi connectivity index (χ1) is 17.0. The van der Waals surface area contributed by atoms with E-state index in [2.05, 4.69) is 25.2 Å². The molecule has 4 heterocycles. The molecule has 0 aliphatic carbocycles. The van der Waals surface area contributed by atoms with Crippen molar-refractivity contribution >= 4 is 23.1 Å². The van der Waals surface area contributed by atoms with Crippen molar-refractivity contribution in [2.75, 3.05) is 30.8 Å². The van der Waals surface area contributed by atoms with Crippen LogP contribution in [0.4, 0.5) is 11.5 Å². The molecule has 0 saturated carbocycles. The standard InChI is InChI=1S/C26H26N8O/c1-17-15-30-21-11-10-18(16-34(17)21)22-23(20-9-6-12-28-20)32-25(27)24(31-22)26(35)29-13-14-33(2)19-7-4-3-5-8-19/h3-12,15-16,28H,13-14H2,1-2H3,(H2,27,32)(H,29,35). The molecule has 0 unspecified atom stereocenters. The van der Waals surface area contributed by atoms with E-state index in [1.54, 1.807) is 0 Å². The zero-order valence-corrected chi connectivity index (χ0v) is 19.6. The molecule has 1 aromatic carbocycles. The minimum absolute atomic E-state index is 0.0761. The Morgan fingerprint density at radius 2 is 1.91 bits per heavy atom. The number of benzene rings is 1. The van der Waals surface area contributed by atoms with Crippen molar-refractivity contribution in [3.63, 3.8) is 0 Å². The molecule has 0 radical (unpaired) electrons. The van der Waals surface area contributed by atoms with Crippen LogP contribution in [-0.2, 0) is 0 Å². The Balaban J connectivity index is 1.45. The van der Waals surface area contributed by atoms with Gasteiger partial charge in [-0.2, -0.15) is 0 Å². The van der Waals surface area contributed by atoms with Crippen LogP contribution < -0.4 is 16.0 Å². The number of nitrogens with two attached hydrogens (primary N) is 1. The summed E-state index contributed by atoms with van der Waals surface area (Å²) in [5.41, 5.74) is 11.9. The summed E-state index contributed by atoms with van der Waals surface area (Å²) < 4.78 is 1.98. The lowest BCUT2D eigenvalue weighted by atomic mass is 10.1. The molecule has 0 saturated heterocycles. The normalized spacial score (nSPS) is 11.0. The maximum atomic E-state index is 13.1. The Morgan fingerprint density at radius 1 is 1.09 bits per heavy atom. The number of amides is 1. The van der Waals surface area contributed by atoms with Crippen LogP contribution in [0, 0.1) is 6.92 Å². The molecule has 4 aromatic heterocycles. The van der Waals surface area contributed by atoms with Crippen LogP contribution in [0.25, 0.3) is 28.3 Å². The molecule has 0 aliphatic heterocycles. The third-order valence-corrected chi connectivity index (χ3v) is 5.88. The van der Waals surface area contributed by atoms with Crippen LogP contribution in [0.5, 0.6) is 0 Å². The Labute approximate surface area is 202 Å². The molecule has 35 heavy (non-hydrogen) atoms. The molecule has 0 bridgehead atoms. The average molecular weight is 467 g/mol. The van der Waals surface area contributed by atoms with Crippen LogP contribution >= 0.6 is 0 Å². The average Bonchev–Trinajstić information content (AvgIpc) is 3.54. The summed E-state index contributed by atoms with van der Waals surface area (Å²) in [5, 5.41) is 2.92. The Kier molecular flexibility index (Phi) is 5.88. The van der Waals surface area contributed by atoms with Gasteiger partial charge in [0, 0.05) is 55.7 Å². The van der Waals surface area contributed by atoms with Crippen molar-refractivity contribution < 1.29 is 4.79 Å². The molecule has 0 fully saturated rings. The van der Waals surface area contributed by atoms with E-state index in [4.69, 9.17) is 10.7 Å². The maximum Gasteiger partial charge on any atom is 0.273 e. The molecule has 0 spiro atoms. The number of likely N-dealkylation sites (N-methyl/N-ethyl adjacent to an activating group) is 1. The van der Waals surface area contributed by atoms with Crippen LogP contribution in [0.3, 0.4) is 0 Å². The minimum Gasteiger partial charge on any atom is -0.382 e. The second-order valence-electron chi connectivity index (χ2n) is 8.30. The molecule has 4 N–H and O–H groups in total. The predicted octanol–water partition coefficient (Wildman–Crippen LogP) is 3.54. The second kappa shape index (κ2) is 9.30. The topological polar surface area (TPSA) is 117 Å². The van der Waals surface area contributed by atoms with Gasteiger partial charge in [0.2, 0.25) is 0 Å². The van der Waals surface area contributed by atoms with Crippen LogP contribution in [0.2, 0.25) is 0 Å². The third kappa shape index (κ3) is 4.43. The number of hydrogen-bond donors (Lipinski definition) is 3. The van der Waals surface area contributed by atoms with E-state index in [9.17, 15) is 4.79 Å². The lowest BCUT2D eigenvalue weighted by Crippen LogP contribution is -2.34. The van der Waals surface area contributed by atoms with E-state index >= 15 is 0 Å². The van der Waals surface area contributed by atoms with Gasteiger partial charge in [0.05, 0.1) is 5.69 Å². The number of aromatic amines is 1. The highest BCUT2D eigenvalue weighted by Gasteiger charge is 2.21. The van der Waals surface area contributed by atoms with Gasteiger partial charge in [-0.1, -0.05) is 18.2 Å². The minimum atomic E-state index is -0.365. The number of aryl methyl sites for hydroxylation is 1. The van der Waals surface area contributed by atoms with E-state index in [0.717, 1.165) is 28.3 Å². The predicted molar refractivity (Wildman–Crippen MR) is 137 cm³/mol. The van der Waals surface area contributed by atoms with Crippen molar-refractivity contribution in [3.8, 4) is 22.6 Å². The SMILES string of the molecule is Cc1cnc2ccc(-c3nc(C(=O)NCCN(C)c4ccccc4)c(N)nc3-c3ccc[nH]3)cn12. The number of pyridine rings is 1. The van der Waals surface area contributed by atoms with Gasteiger partial charge in [-0.05, 0) is 43.3 Å². The molecule has 0 atom stereocenters. The third-order valence-electron chi connectivity index (χ3n) is 5.88. The maximum absolute atomic E-state index is 13.1. The number of hydrogen-bond acceptors (Lipinski definition) is 6. The Hall–Kier alpha value is -4.66. The Bertz CT molecular complexity index is 1470. The first-order valence-electron chi connectivity index (χ1n) is 11.3. The molecule has 176 valence electrons. The number of anilines is 2. The summed E-state index contributed by atoms with van der Waals surface area (Å²) in [7, 11) is 1.98. The van der Waals surface area contributed by atoms with Gasteiger partial charge in [-0.3, -0.25) is 4.79 Å². The highest BCUT2D eigenvalue weighted by Crippen LogP contribution is 2.30. The highest BCUT2D eigenvalue weighted by atomic mass is 16.1. The fourth-order valence-corrected chi connectivity index (χ4v) is 3.96. The summed E-state index contributed by atoms with van der Waals surface area (Å²) in [6.07, 6.45) is 5.57. The largest absolute Gasteiger partial charge is 0.382 e. The number of carbonyl (C=O) groups excluding carboxylic acids is 1. The number of aromatic nitrogens is 5. The van der Waals surface area contributed by atoms with Crippen LogP contribution in [0.1, 0.15) is 16.2 Å². The zero-order chi connectivity index (χ0) is 24.4. The summed E-state index contributed by atoms with van der Waals surface area (Å²) in [5.74, 6) is -0.289. The number of nitrogens with one attached hydrogen (secondary N) is 2. The highest BCUT2D eigenvalue weighted by molar-refractivity contribution is 5.98. The van der Waals surface area contributed by atoms with E-state index in [1.807, 2.05) is 91.6 Å². The Morgan fingerprint density at radius 3 is 2.69 bits per heavy atom. The van der Waals surface area contributed by atoms with Gasteiger partial charge in [0.15, 0.2) is 11.5 Å². The van der Waals surface area contributed by atoms with Crippen molar-refractivity contribution in [1.29, 1.82) is 0 Å². The number of nitrogen functional groups attached to an aromatic ring is 1. The molecule has 1 amide bonds. The van der Waals surface area contributed by atoms with Gasteiger partial charge in [-0.15, -0.1) is 0 Å². The monoisotopic (exact) mass is 466 g/mol. The van der Waals surface area contributed by atoms with E-state index < -0.39 is 0 Å². The van der Waals surface area contributed by atoms with Crippen molar-refractivity contribution in [3.05, 3.63) is 84.6 Å². The summed E-state index contributed by atoms with van der Waals surface area (Å²) in [4.78, 5) is 32.0. The van der Waals surface area contributed by atoms with Crippen molar-refractivity contribution in [2.45, 2.75) is 6.92 Å².